The molecule has 1 fully saturated rings. The number of alkyl halides is 2. The summed E-state index contributed by atoms with van der Waals surface area (Å²) in [4.78, 5) is 2.47. The third kappa shape index (κ3) is 5.97. The van der Waals surface area contributed by atoms with Crippen molar-refractivity contribution in [1.82, 2.24) is 10.2 Å². The summed E-state index contributed by atoms with van der Waals surface area (Å²) in [6.45, 7) is 1.98. The van der Waals surface area contributed by atoms with Crippen molar-refractivity contribution in [2.75, 3.05) is 31.5 Å². The van der Waals surface area contributed by atoms with Gasteiger partial charge in [-0.3, -0.25) is 4.90 Å². The molecular weight excluding hydrogens is 336 g/mol. The third-order valence-corrected chi connectivity index (χ3v) is 4.47. The van der Waals surface area contributed by atoms with Crippen LogP contribution in [-0.2, 0) is 6.54 Å². The summed E-state index contributed by atoms with van der Waals surface area (Å²) in [6.07, 6.45) is 0.964. The first-order valence-electron chi connectivity index (χ1n) is 8.97. The zero-order valence-electron chi connectivity index (χ0n) is 14.7. The highest BCUT2D eigenvalue weighted by Gasteiger charge is 2.18. The SMILES string of the molecule is FC(F)Oc1cccc(NCC[C@@H]2CN(Cc3ccccc3)CCN2)c1. The Labute approximate surface area is 153 Å². The number of benzene rings is 2. The molecule has 2 aromatic rings. The van der Waals surface area contributed by atoms with Crippen molar-refractivity contribution in [3.8, 4) is 5.75 Å². The number of hydrogen-bond acceptors (Lipinski definition) is 4. The average Bonchev–Trinajstić information content (AvgIpc) is 2.63. The van der Waals surface area contributed by atoms with Crippen LogP contribution in [0, 0.1) is 0 Å². The summed E-state index contributed by atoms with van der Waals surface area (Å²) < 4.78 is 29.0. The lowest BCUT2D eigenvalue weighted by Crippen LogP contribution is -2.50. The lowest BCUT2D eigenvalue weighted by molar-refractivity contribution is -0.0498. The maximum Gasteiger partial charge on any atom is 0.387 e. The average molecular weight is 361 g/mol. The van der Waals surface area contributed by atoms with E-state index in [0.717, 1.165) is 44.8 Å². The fourth-order valence-corrected chi connectivity index (χ4v) is 3.25. The van der Waals surface area contributed by atoms with Crippen LogP contribution in [0.4, 0.5) is 14.5 Å². The van der Waals surface area contributed by atoms with E-state index in [1.165, 1.54) is 11.6 Å². The third-order valence-electron chi connectivity index (χ3n) is 4.47. The zero-order chi connectivity index (χ0) is 18.2. The fraction of sp³-hybridized carbons (Fsp3) is 0.400. The molecule has 0 amide bonds. The minimum atomic E-state index is -2.80. The van der Waals surface area contributed by atoms with Crippen LogP contribution in [0.25, 0.3) is 0 Å². The van der Waals surface area contributed by atoms with Gasteiger partial charge in [0.25, 0.3) is 0 Å². The number of halogens is 2. The Morgan fingerprint density at radius 2 is 2.00 bits per heavy atom. The van der Waals surface area contributed by atoms with Gasteiger partial charge in [-0.05, 0) is 24.1 Å². The summed E-state index contributed by atoms with van der Waals surface area (Å²) in [7, 11) is 0. The van der Waals surface area contributed by atoms with Crippen LogP contribution in [0.5, 0.6) is 5.75 Å². The van der Waals surface area contributed by atoms with Crippen molar-refractivity contribution in [3.05, 3.63) is 60.2 Å². The number of anilines is 1. The number of ether oxygens (including phenoxy) is 1. The Morgan fingerprint density at radius 1 is 1.15 bits per heavy atom. The molecule has 1 atom stereocenters. The van der Waals surface area contributed by atoms with Crippen molar-refractivity contribution in [2.45, 2.75) is 25.6 Å². The predicted octanol–water partition coefficient (Wildman–Crippen LogP) is 3.56. The molecule has 26 heavy (non-hydrogen) atoms. The van der Waals surface area contributed by atoms with Crippen LogP contribution in [0.3, 0.4) is 0 Å². The van der Waals surface area contributed by atoms with Gasteiger partial charge in [-0.25, -0.2) is 0 Å². The molecule has 140 valence electrons. The number of rotatable bonds is 8. The van der Waals surface area contributed by atoms with Crippen molar-refractivity contribution in [2.24, 2.45) is 0 Å². The smallest absolute Gasteiger partial charge is 0.387 e. The molecule has 0 aromatic heterocycles. The second-order valence-corrected chi connectivity index (χ2v) is 6.49. The molecule has 0 radical (unpaired) electrons. The molecule has 0 aliphatic carbocycles. The van der Waals surface area contributed by atoms with E-state index in [2.05, 4.69) is 44.5 Å². The minimum absolute atomic E-state index is 0.176. The normalized spacial score (nSPS) is 18.0. The Morgan fingerprint density at radius 3 is 2.81 bits per heavy atom. The lowest BCUT2D eigenvalue weighted by Gasteiger charge is -2.34. The molecule has 1 saturated heterocycles. The number of piperazine rings is 1. The Hall–Kier alpha value is -2.18. The summed E-state index contributed by atoms with van der Waals surface area (Å²) in [6, 6.07) is 17.6. The van der Waals surface area contributed by atoms with Gasteiger partial charge in [0.05, 0.1) is 0 Å². The van der Waals surface area contributed by atoms with Crippen LogP contribution in [0.1, 0.15) is 12.0 Å². The summed E-state index contributed by atoms with van der Waals surface area (Å²) in [5.74, 6) is 0.176. The maximum atomic E-state index is 12.3. The van der Waals surface area contributed by atoms with Crippen molar-refractivity contribution >= 4 is 5.69 Å². The van der Waals surface area contributed by atoms with Crippen LogP contribution in [0.2, 0.25) is 0 Å². The Balaban J connectivity index is 1.43. The molecule has 0 bridgehead atoms. The standard InChI is InChI=1S/C20H25F2N3O/c21-20(22)26-19-8-4-7-17(13-19)23-10-9-18-15-25(12-11-24-18)14-16-5-2-1-3-6-16/h1-8,13,18,20,23-24H,9-12,14-15H2/t18-/m1/s1. The van der Waals surface area contributed by atoms with E-state index in [1.807, 2.05) is 12.1 Å². The monoisotopic (exact) mass is 361 g/mol. The minimum Gasteiger partial charge on any atom is -0.435 e. The Bertz CT molecular complexity index is 669. The first-order valence-corrected chi connectivity index (χ1v) is 8.97. The lowest BCUT2D eigenvalue weighted by atomic mass is 10.1. The van der Waals surface area contributed by atoms with E-state index in [-0.39, 0.29) is 5.75 Å². The molecule has 2 N–H and O–H groups in total. The van der Waals surface area contributed by atoms with Crippen molar-refractivity contribution in [1.29, 1.82) is 0 Å². The highest BCUT2D eigenvalue weighted by Crippen LogP contribution is 2.19. The van der Waals surface area contributed by atoms with E-state index in [4.69, 9.17) is 0 Å². The van der Waals surface area contributed by atoms with Gasteiger partial charge in [-0.1, -0.05) is 36.4 Å². The van der Waals surface area contributed by atoms with Crippen LogP contribution < -0.4 is 15.4 Å². The highest BCUT2D eigenvalue weighted by atomic mass is 19.3. The molecule has 4 nitrogen and oxygen atoms in total. The van der Waals surface area contributed by atoms with Crippen LogP contribution in [0.15, 0.2) is 54.6 Å². The van der Waals surface area contributed by atoms with Gasteiger partial charge in [0.1, 0.15) is 5.75 Å². The maximum absolute atomic E-state index is 12.3. The number of nitrogens with one attached hydrogen (secondary N) is 2. The first-order chi connectivity index (χ1) is 12.7. The second kappa shape index (κ2) is 9.50. The van der Waals surface area contributed by atoms with E-state index in [0.29, 0.717) is 6.04 Å². The van der Waals surface area contributed by atoms with E-state index >= 15 is 0 Å². The molecule has 1 heterocycles. The highest BCUT2D eigenvalue weighted by molar-refractivity contribution is 5.48. The Kier molecular flexibility index (Phi) is 6.80. The van der Waals surface area contributed by atoms with E-state index < -0.39 is 6.61 Å². The molecule has 3 rings (SSSR count). The predicted molar refractivity (Wildman–Crippen MR) is 99.7 cm³/mol. The summed E-state index contributed by atoms with van der Waals surface area (Å²) in [5.41, 5.74) is 2.13. The van der Waals surface area contributed by atoms with Gasteiger partial charge >= 0.3 is 6.61 Å². The first kappa shape index (κ1) is 18.6. The number of nitrogens with zero attached hydrogens (tertiary/aromatic N) is 1. The molecule has 1 aliphatic heterocycles. The van der Waals surface area contributed by atoms with Gasteiger partial charge in [-0.2, -0.15) is 8.78 Å². The van der Waals surface area contributed by atoms with Gasteiger partial charge in [0.2, 0.25) is 0 Å². The quantitative estimate of drug-likeness (QED) is 0.754. The molecule has 2 aromatic carbocycles. The summed E-state index contributed by atoms with van der Waals surface area (Å²) in [5, 5.41) is 6.84. The second-order valence-electron chi connectivity index (χ2n) is 6.49. The topological polar surface area (TPSA) is 36.5 Å². The summed E-state index contributed by atoms with van der Waals surface area (Å²) >= 11 is 0. The largest absolute Gasteiger partial charge is 0.435 e. The van der Waals surface area contributed by atoms with Gasteiger partial charge in [-0.15, -0.1) is 0 Å². The van der Waals surface area contributed by atoms with Crippen molar-refractivity contribution < 1.29 is 13.5 Å². The van der Waals surface area contributed by atoms with Crippen molar-refractivity contribution in [3.63, 3.8) is 0 Å². The van der Waals surface area contributed by atoms with Gasteiger partial charge in [0, 0.05) is 50.5 Å². The zero-order valence-corrected chi connectivity index (χ0v) is 14.7. The van der Waals surface area contributed by atoms with E-state index in [9.17, 15) is 8.78 Å². The van der Waals surface area contributed by atoms with E-state index in [1.54, 1.807) is 12.1 Å². The van der Waals surface area contributed by atoms with Crippen LogP contribution in [-0.4, -0.2) is 43.7 Å². The fourth-order valence-electron chi connectivity index (χ4n) is 3.25. The van der Waals surface area contributed by atoms with Crippen LogP contribution >= 0.6 is 0 Å². The van der Waals surface area contributed by atoms with Gasteiger partial charge in [0.15, 0.2) is 0 Å². The molecule has 6 heteroatoms. The molecular formula is C20H25F2N3O. The molecule has 1 aliphatic rings. The molecule has 0 saturated carbocycles. The number of hydrogen-bond donors (Lipinski definition) is 2. The molecule has 0 unspecified atom stereocenters. The molecule has 0 spiro atoms. The van der Waals surface area contributed by atoms with Gasteiger partial charge < -0.3 is 15.4 Å².